The van der Waals surface area contributed by atoms with Crippen LogP contribution in [0.2, 0.25) is 0 Å². The third-order valence-electron chi connectivity index (χ3n) is 2.82. The lowest BCUT2D eigenvalue weighted by Gasteiger charge is -2.17. The van der Waals surface area contributed by atoms with E-state index >= 15 is 0 Å². The molecule has 0 saturated carbocycles. The number of pyridine rings is 1. The molecule has 0 fully saturated rings. The molecule has 6 heteroatoms. The van der Waals surface area contributed by atoms with Gasteiger partial charge >= 0.3 is 0 Å². The van der Waals surface area contributed by atoms with Crippen LogP contribution in [0.5, 0.6) is 0 Å². The summed E-state index contributed by atoms with van der Waals surface area (Å²) in [6, 6.07) is 3.46. The number of aryl methyl sites for hydroxylation is 1. The van der Waals surface area contributed by atoms with Gasteiger partial charge < -0.3 is 15.1 Å². The summed E-state index contributed by atoms with van der Waals surface area (Å²) >= 11 is 0. The van der Waals surface area contributed by atoms with Gasteiger partial charge in [0, 0.05) is 38.6 Å². The van der Waals surface area contributed by atoms with Crippen LogP contribution >= 0.6 is 0 Å². The second kappa shape index (κ2) is 7.70. The fourth-order valence-electron chi connectivity index (χ4n) is 1.73. The zero-order valence-electron chi connectivity index (χ0n) is 11.8. The van der Waals surface area contributed by atoms with E-state index in [9.17, 15) is 4.79 Å². The Morgan fingerprint density at radius 3 is 2.84 bits per heavy atom. The van der Waals surface area contributed by atoms with Crippen LogP contribution in [0, 0.1) is 0 Å². The molecule has 1 amide bonds. The van der Waals surface area contributed by atoms with Gasteiger partial charge in [0.15, 0.2) is 0 Å². The van der Waals surface area contributed by atoms with E-state index < -0.39 is 0 Å². The van der Waals surface area contributed by atoms with Crippen molar-refractivity contribution in [2.45, 2.75) is 19.8 Å². The number of nitrogens with one attached hydrogen (secondary N) is 1. The molecule has 3 N–H and O–H groups in total. The van der Waals surface area contributed by atoms with Crippen molar-refractivity contribution in [2.75, 3.05) is 32.7 Å². The summed E-state index contributed by atoms with van der Waals surface area (Å²) in [6.07, 6.45) is 1.57. The Bertz CT molecular complexity index is 401. The number of carbonyl (C=O) groups excluding carboxylic acids is 1. The number of amides is 1. The van der Waals surface area contributed by atoms with E-state index in [1.54, 1.807) is 31.2 Å². The first-order valence-electron chi connectivity index (χ1n) is 6.34. The molecule has 0 atom stereocenters. The highest BCUT2D eigenvalue weighted by Gasteiger charge is 2.13. The molecule has 0 radical (unpaired) electrons. The molecule has 0 spiro atoms. The Kier molecular flexibility index (Phi) is 6.24. The molecular weight excluding hydrogens is 244 g/mol. The molecule has 1 aromatic heterocycles. The molecule has 1 aromatic rings. The molecular formula is C13H22N4O2. The maximum Gasteiger partial charge on any atom is 0.253 e. The standard InChI is InChI=1S/C13H22N4O2/c1-4-11-8-10(9-12(15-11)16-14)13(18)17(2)6-5-7-19-3/h8-9H,4-7,14H2,1-3H3,(H,15,16). The highest BCUT2D eigenvalue weighted by Crippen LogP contribution is 2.12. The number of nitrogens with two attached hydrogens (primary N) is 1. The van der Waals surface area contributed by atoms with Gasteiger partial charge in [-0.25, -0.2) is 10.8 Å². The van der Waals surface area contributed by atoms with Gasteiger partial charge in [-0.2, -0.15) is 0 Å². The summed E-state index contributed by atoms with van der Waals surface area (Å²) < 4.78 is 4.98. The second-order valence-corrected chi connectivity index (χ2v) is 4.30. The Balaban J connectivity index is 2.80. The van der Waals surface area contributed by atoms with E-state index in [0.29, 0.717) is 24.5 Å². The van der Waals surface area contributed by atoms with Gasteiger partial charge in [0.2, 0.25) is 0 Å². The number of ether oxygens (including phenoxy) is 1. The SMILES string of the molecule is CCc1cc(C(=O)N(C)CCCOC)cc(NN)n1. The van der Waals surface area contributed by atoms with Crippen LogP contribution in [-0.4, -0.2) is 43.1 Å². The molecule has 106 valence electrons. The number of anilines is 1. The highest BCUT2D eigenvalue weighted by atomic mass is 16.5. The van der Waals surface area contributed by atoms with Crippen molar-refractivity contribution in [3.8, 4) is 0 Å². The monoisotopic (exact) mass is 266 g/mol. The van der Waals surface area contributed by atoms with Crippen molar-refractivity contribution in [2.24, 2.45) is 5.84 Å². The fourth-order valence-corrected chi connectivity index (χ4v) is 1.73. The maximum absolute atomic E-state index is 12.3. The normalized spacial score (nSPS) is 10.3. The minimum Gasteiger partial charge on any atom is -0.385 e. The summed E-state index contributed by atoms with van der Waals surface area (Å²) in [6.45, 7) is 3.28. The molecule has 0 aliphatic carbocycles. The number of nitrogen functional groups attached to an aromatic ring is 1. The molecule has 0 aliphatic rings. The third kappa shape index (κ3) is 4.50. The largest absolute Gasteiger partial charge is 0.385 e. The van der Waals surface area contributed by atoms with Crippen molar-refractivity contribution < 1.29 is 9.53 Å². The highest BCUT2D eigenvalue weighted by molar-refractivity contribution is 5.94. The van der Waals surface area contributed by atoms with Crippen molar-refractivity contribution in [3.05, 3.63) is 23.4 Å². The van der Waals surface area contributed by atoms with E-state index in [2.05, 4.69) is 10.4 Å². The molecule has 1 rings (SSSR count). The number of rotatable bonds is 7. The predicted molar refractivity (Wildman–Crippen MR) is 74.9 cm³/mol. The van der Waals surface area contributed by atoms with Crippen molar-refractivity contribution >= 4 is 11.7 Å². The Hall–Kier alpha value is -1.66. The van der Waals surface area contributed by atoms with Crippen LogP contribution in [0.25, 0.3) is 0 Å². The van der Waals surface area contributed by atoms with Crippen LogP contribution < -0.4 is 11.3 Å². The summed E-state index contributed by atoms with van der Waals surface area (Å²) in [4.78, 5) is 18.2. The third-order valence-corrected chi connectivity index (χ3v) is 2.82. The first-order valence-corrected chi connectivity index (χ1v) is 6.34. The van der Waals surface area contributed by atoms with Crippen LogP contribution in [0.4, 0.5) is 5.82 Å². The van der Waals surface area contributed by atoms with E-state index in [1.165, 1.54) is 0 Å². The predicted octanol–water partition coefficient (Wildman–Crippen LogP) is 1.04. The molecule has 6 nitrogen and oxygen atoms in total. The van der Waals surface area contributed by atoms with E-state index in [-0.39, 0.29) is 5.91 Å². The van der Waals surface area contributed by atoms with Crippen molar-refractivity contribution in [1.29, 1.82) is 0 Å². The van der Waals surface area contributed by atoms with E-state index in [4.69, 9.17) is 10.6 Å². The molecule has 1 heterocycles. The molecule has 0 aliphatic heterocycles. The quantitative estimate of drug-likeness (QED) is 0.438. The summed E-state index contributed by atoms with van der Waals surface area (Å²) in [5.41, 5.74) is 3.92. The summed E-state index contributed by atoms with van der Waals surface area (Å²) in [5.74, 6) is 5.83. The number of carbonyl (C=O) groups is 1. The van der Waals surface area contributed by atoms with E-state index in [1.807, 2.05) is 6.92 Å². The van der Waals surface area contributed by atoms with Gasteiger partial charge in [0.25, 0.3) is 5.91 Å². The smallest absolute Gasteiger partial charge is 0.253 e. The summed E-state index contributed by atoms with van der Waals surface area (Å²) in [7, 11) is 3.43. The number of aromatic nitrogens is 1. The number of nitrogens with zero attached hydrogens (tertiary/aromatic N) is 2. The molecule has 19 heavy (non-hydrogen) atoms. The zero-order valence-corrected chi connectivity index (χ0v) is 11.8. The average Bonchev–Trinajstić information content (AvgIpc) is 2.45. The Labute approximate surface area is 113 Å². The molecule has 0 bridgehead atoms. The topological polar surface area (TPSA) is 80.5 Å². The minimum atomic E-state index is -0.0373. The van der Waals surface area contributed by atoms with Crippen LogP contribution in [0.1, 0.15) is 29.4 Å². The lowest BCUT2D eigenvalue weighted by atomic mass is 10.1. The summed E-state index contributed by atoms with van der Waals surface area (Å²) in [5, 5.41) is 0. The zero-order chi connectivity index (χ0) is 14.3. The number of methoxy groups -OCH3 is 1. The van der Waals surface area contributed by atoms with Gasteiger partial charge in [-0.15, -0.1) is 0 Å². The Morgan fingerprint density at radius 2 is 2.26 bits per heavy atom. The number of hydrazine groups is 1. The van der Waals surface area contributed by atoms with Gasteiger partial charge in [0.05, 0.1) is 0 Å². The van der Waals surface area contributed by atoms with Gasteiger partial charge in [-0.3, -0.25) is 4.79 Å². The molecule has 0 aromatic carbocycles. The molecule has 0 unspecified atom stereocenters. The van der Waals surface area contributed by atoms with Gasteiger partial charge in [-0.05, 0) is 25.0 Å². The second-order valence-electron chi connectivity index (χ2n) is 4.30. The lowest BCUT2D eigenvalue weighted by molar-refractivity contribution is 0.0779. The fraction of sp³-hybridized carbons (Fsp3) is 0.538. The van der Waals surface area contributed by atoms with Crippen molar-refractivity contribution in [1.82, 2.24) is 9.88 Å². The van der Waals surface area contributed by atoms with Crippen LogP contribution in [-0.2, 0) is 11.2 Å². The average molecular weight is 266 g/mol. The van der Waals surface area contributed by atoms with E-state index in [0.717, 1.165) is 18.5 Å². The number of hydrogen-bond acceptors (Lipinski definition) is 5. The number of hydrogen-bond donors (Lipinski definition) is 2. The maximum atomic E-state index is 12.3. The Morgan fingerprint density at radius 1 is 1.53 bits per heavy atom. The molecule has 0 saturated heterocycles. The first-order chi connectivity index (χ1) is 9.12. The van der Waals surface area contributed by atoms with Crippen LogP contribution in [0.15, 0.2) is 12.1 Å². The van der Waals surface area contributed by atoms with Crippen molar-refractivity contribution in [3.63, 3.8) is 0 Å². The first kappa shape index (κ1) is 15.4. The minimum absolute atomic E-state index is 0.0373. The lowest BCUT2D eigenvalue weighted by Crippen LogP contribution is -2.28. The van der Waals surface area contributed by atoms with Gasteiger partial charge in [0.1, 0.15) is 5.82 Å². The van der Waals surface area contributed by atoms with Gasteiger partial charge in [-0.1, -0.05) is 6.92 Å². The van der Waals surface area contributed by atoms with Crippen LogP contribution in [0.3, 0.4) is 0 Å².